The van der Waals surface area contributed by atoms with E-state index in [1.807, 2.05) is 4.90 Å². The number of likely N-dealkylation sites (tertiary alicyclic amines) is 1. The predicted molar refractivity (Wildman–Crippen MR) is 72.7 cm³/mol. The van der Waals surface area contributed by atoms with E-state index in [0.29, 0.717) is 12.5 Å². The number of hydrogen-bond donors (Lipinski definition) is 1. The molecule has 4 nitrogen and oxygen atoms in total. The second kappa shape index (κ2) is 6.40. The van der Waals surface area contributed by atoms with Crippen molar-refractivity contribution in [2.24, 2.45) is 11.8 Å². The van der Waals surface area contributed by atoms with E-state index in [-0.39, 0.29) is 11.8 Å². The van der Waals surface area contributed by atoms with Gasteiger partial charge in [-0.25, -0.2) is 0 Å². The molecule has 19 heavy (non-hydrogen) atoms. The first-order valence-electron chi connectivity index (χ1n) is 7.68. The number of hydrogen-bond acceptors (Lipinski definition) is 2. The summed E-state index contributed by atoms with van der Waals surface area (Å²) < 4.78 is 0. The van der Waals surface area contributed by atoms with Crippen LogP contribution in [0.2, 0.25) is 0 Å². The first-order chi connectivity index (χ1) is 9.15. The van der Waals surface area contributed by atoms with Gasteiger partial charge in [-0.05, 0) is 38.5 Å². The molecule has 0 radical (unpaired) electrons. The number of carbonyl (C=O) groups excluding carboxylic acids is 1. The molecular weight excluding hydrogens is 242 g/mol. The Morgan fingerprint density at radius 1 is 1.11 bits per heavy atom. The fraction of sp³-hybridized carbons (Fsp3) is 0.867. The number of aliphatic carboxylic acids is 1. The molecule has 108 valence electrons. The molecule has 1 unspecified atom stereocenters. The monoisotopic (exact) mass is 267 g/mol. The molecule has 4 heteroatoms. The van der Waals surface area contributed by atoms with Crippen molar-refractivity contribution in [3.8, 4) is 0 Å². The van der Waals surface area contributed by atoms with Gasteiger partial charge in [0, 0.05) is 12.6 Å². The fourth-order valence-electron chi connectivity index (χ4n) is 3.69. The summed E-state index contributed by atoms with van der Waals surface area (Å²) in [4.78, 5) is 25.9. The van der Waals surface area contributed by atoms with Crippen LogP contribution in [0.15, 0.2) is 0 Å². The van der Waals surface area contributed by atoms with Crippen molar-refractivity contribution in [2.45, 2.75) is 64.3 Å². The molecule has 0 spiro atoms. The highest BCUT2D eigenvalue weighted by Gasteiger charge is 2.41. The largest absolute Gasteiger partial charge is 0.481 e. The Balaban J connectivity index is 2.06. The average molecular weight is 267 g/mol. The topological polar surface area (TPSA) is 57.6 Å². The van der Waals surface area contributed by atoms with Crippen molar-refractivity contribution in [1.29, 1.82) is 0 Å². The highest BCUT2D eigenvalue weighted by atomic mass is 16.4. The molecule has 1 saturated heterocycles. The lowest BCUT2D eigenvalue weighted by atomic mass is 9.91. The molecule has 1 aliphatic heterocycles. The summed E-state index contributed by atoms with van der Waals surface area (Å²) >= 11 is 0. The number of carbonyl (C=O) groups is 2. The molecule has 2 rings (SSSR count). The molecular formula is C15H25NO3. The Labute approximate surface area is 115 Å². The molecule has 0 aromatic rings. The van der Waals surface area contributed by atoms with Gasteiger partial charge in [-0.3, -0.25) is 9.59 Å². The van der Waals surface area contributed by atoms with E-state index in [1.54, 1.807) is 0 Å². The predicted octanol–water partition coefficient (Wildman–Crippen LogP) is 2.67. The lowest BCUT2D eigenvalue weighted by Gasteiger charge is -2.38. The van der Waals surface area contributed by atoms with Crippen LogP contribution in [0.25, 0.3) is 0 Å². The highest BCUT2D eigenvalue weighted by Crippen LogP contribution is 2.35. The first-order valence-corrected chi connectivity index (χ1v) is 7.68. The fourth-order valence-corrected chi connectivity index (χ4v) is 3.69. The van der Waals surface area contributed by atoms with Gasteiger partial charge in [0.05, 0.1) is 11.8 Å². The maximum Gasteiger partial charge on any atom is 0.307 e. The van der Waals surface area contributed by atoms with Gasteiger partial charge in [0.25, 0.3) is 0 Å². The number of carboxylic acids is 1. The van der Waals surface area contributed by atoms with Gasteiger partial charge >= 0.3 is 5.97 Å². The average Bonchev–Trinajstić information content (AvgIpc) is 2.88. The summed E-state index contributed by atoms with van der Waals surface area (Å²) in [6.07, 6.45) is 7.78. The Hall–Kier alpha value is -1.06. The van der Waals surface area contributed by atoms with E-state index in [4.69, 9.17) is 0 Å². The summed E-state index contributed by atoms with van der Waals surface area (Å²) in [6.45, 7) is 2.97. The standard InChI is InChI=1S/C15H25NO3/c1-2-6-11-7-3-4-10-16(11)14(17)12-8-5-9-13(12)15(18)19/h11-13H,2-10H2,1H3,(H,18,19)/t11?,12-,13+/m1/s1. The lowest BCUT2D eigenvalue weighted by Crippen LogP contribution is -2.47. The van der Waals surface area contributed by atoms with Gasteiger partial charge in [0.1, 0.15) is 0 Å². The number of rotatable bonds is 4. The molecule has 1 saturated carbocycles. The Kier molecular flexibility index (Phi) is 4.83. The molecule has 0 aromatic heterocycles. The van der Waals surface area contributed by atoms with Crippen LogP contribution in [0.5, 0.6) is 0 Å². The van der Waals surface area contributed by atoms with Crippen molar-refractivity contribution in [3.05, 3.63) is 0 Å². The van der Waals surface area contributed by atoms with Crippen LogP contribution in [0.1, 0.15) is 58.3 Å². The van der Waals surface area contributed by atoms with Gasteiger partial charge in [0.15, 0.2) is 0 Å². The third-order valence-electron chi connectivity index (χ3n) is 4.68. The number of amides is 1. The Bertz CT molecular complexity index is 340. The molecule has 0 bridgehead atoms. The molecule has 1 heterocycles. The van der Waals surface area contributed by atoms with E-state index in [1.165, 1.54) is 6.42 Å². The van der Waals surface area contributed by atoms with Crippen molar-refractivity contribution in [1.82, 2.24) is 4.90 Å². The zero-order valence-corrected chi connectivity index (χ0v) is 11.8. The minimum atomic E-state index is -0.792. The summed E-state index contributed by atoms with van der Waals surface area (Å²) in [5.41, 5.74) is 0. The van der Waals surface area contributed by atoms with E-state index in [0.717, 1.165) is 45.1 Å². The van der Waals surface area contributed by atoms with E-state index in [9.17, 15) is 14.7 Å². The summed E-state index contributed by atoms with van der Waals surface area (Å²) in [7, 11) is 0. The van der Waals surface area contributed by atoms with Gasteiger partial charge in [0.2, 0.25) is 5.91 Å². The second-order valence-corrected chi connectivity index (χ2v) is 5.95. The molecule has 1 N–H and O–H groups in total. The smallest absolute Gasteiger partial charge is 0.307 e. The summed E-state index contributed by atoms with van der Waals surface area (Å²) in [5, 5.41) is 9.23. The summed E-state index contributed by atoms with van der Waals surface area (Å²) in [6, 6.07) is 0.348. The van der Waals surface area contributed by atoms with E-state index < -0.39 is 11.9 Å². The molecule has 2 fully saturated rings. The van der Waals surface area contributed by atoms with Crippen molar-refractivity contribution in [3.63, 3.8) is 0 Å². The van der Waals surface area contributed by atoms with Crippen LogP contribution in [-0.2, 0) is 9.59 Å². The van der Waals surface area contributed by atoms with Crippen molar-refractivity contribution < 1.29 is 14.7 Å². The Morgan fingerprint density at radius 2 is 1.84 bits per heavy atom. The molecule has 3 atom stereocenters. The molecule has 1 amide bonds. The van der Waals surface area contributed by atoms with Crippen LogP contribution in [-0.4, -0.2) is 34.5 Å². The third kappa shape index (κ3) is 3.10. The van der Waals surface area contributed by atoms with Gasteiger partial charge in [-0.2, -0.15) is 0 Å². The molecule has 1 aliphatic carbocycles. The number of piperidine rings is 1. The van der Waals surface area contributed by atoms with Crippen LogP contribution in [0.4, 0.5) is 0 Å². The zero-order chi connectivity index (χ0) is 13.8. The normalized spacial score (nSPS) is 31.4. The van der Waals surface area contributed by atoms with Crippen LogP contribution in [0, 0.1) is 11.8 Å². The van der Waals surface area contributed by atoms with Gasteiger partial charge < -0.3 is 10.0 Å². The zero-order valence-electron chi connectivity index (χ0n) is 11.8. The second-order valence-electron chi connectivity index (χ2n) is 5.95. The van der Waals surface area contributed by atoms with E-state index >= 15 is 0 Å². The van der Waals surface area contributed by atoms with Crippen LogP contribution in [0.3, 0.4) is 0 Å². The van der Waals surface area contributed by atoms with Crippen LogP contribution < -0.4 is 0 Å². The minimum absolute atomic E-state index is 0.114. The number of carboxylic acid groups (broad SMARTS) is 1. The SMILES string of the molecule is CCCC1CCCCN1C(=O)[C@@H]1CCC[C@@H]1C(=O)O. The third-order valence-corrected chi connectivity index (χ3v) is 4.68. The van der Waals surface area contributed by atoms with Crippen LogP contribution >= 0.6 is 0 Å². The first kappa shape index (κ1) is 14.4. The minimum Gasteiger partial charge on any atom is -0.481 e. The molecule has 0 aromatic carbocycles. The molecule has 2 aliphatic rings. The Morgan fingerprint density at radius 3 is 2.53 bits per heavy atom. The lowest BCUT2D eigenvalue weighted by molar-refractivity contribution is -0.150. The van der Waals surface area contributed by atoms with Crippen molar-refractivity contribution >= 4 is 11.9 Å². The maximum absolute atomic E-state index is 12.7. The van der Waals surface area contributed by atoms with Gasteiger partial charge in [-0.15, -0.1) is 0 Å². The van der Waals surface area contributed by atoms with E-state index in [2.05, 4.69) is 6.92 Å². The number of nitrogens with zero attached hydrogens (tertiary/aromatic N) is 1. The quantitative estimate of drug-likeness (QED) is 0.852. The van der Waals surface area contributed by atoms with Crippen molar-refractivity contribution in [2.75, 3.05) is 6.54 Å². The van der Waals surface area contributed by atoms with Gasteiger partial charge in [-0.1, -0.05) is 19.8 Å². The summed E-state index contributed by atoms with van der Waals surface area (Å²) in [5.74, 6) is -1.39. The highest BCUT2D eigenvalue weighted by molar-refractivity contribution is 5.85. The maximum atomic E-state index is 12.7.